The Morgan fingerprint density at radius 2 is 1.64 bits per heavy atom. The lowest BCUT2D eigenvalue weighted by Gasteiger charge is -2.09. The van der Waals surface area contributed by atoms with Crippen LogP contribution in [0.3, 0.4) is 0 Å². The standard InChI is InChI=1S/C14H13F3N2O3/c1-2-20-9-21-12-7-18-13(19-8-12)10-3-5-11(6-4-10)22-14(15,16)17/h3-8H,2,9H2,1H3. The number of alkyl halides is 3. The number of hydrogen-bond acceptors (Lipinski definition) is 5. The molecule has 0 radical (unpaired) electrons. The molecule has 0 saturated carbocycles. The van der Waals surface area contributed by atoms with Crippen molar-refractivity contribution in [1.29, 1.82) is 0 Å². The second-order valence-corrected chi connectivity index (χ2v) is 4.07. The Morgan fingerprint density at radius 1 is 1.00 bits per heavy atom. The van der Waals surface area contributed by atoms with E-state index in [1.54, 1.807) is 0 Å². The van der Waals surface area contributed by atoms with Crippen molar-refractivity contribution in [3.8, 4) is 22.9 Å². The molecule has 8 heteroatoms. The van der Waals surface area contributed by atoms with Crippen LogP contribution in [0.4, 0.5) is 13.2 Å². The lowest BCUT2D eigenvalue weighted by Crippen LogP contribution is -2.16. The highest BCUT2D eigenvalue weighted by atomic mass is 19.4. The van der Waals surface area contributed by atoms with Gasteiger partial charge in [0, 0.05) is 12.2 Å². The van der Waals surface area contributed by atoms with E-state index in [0.717, 1.165) is 0 Å². The molecular formula is C14H13F3N2O3. The number of halogens is 3. The van der Waals surface area contributed by atoms with Gasteiger partial charge in [-0.2, -0.15) is 0 Å². The lowest BCUT2D eigenvalue weighted by molar-refractivity contribution is -0.274. The molecule has 0 aliphatic rings. The van der Waals surface area contributed by atoms with Gasteiger partial charge in [-0.1, -0.05) is 0 Å². The molecule has 0 aliphatic heterocycles. The first-order chi connectivity index (χ1) is 10.5. The third kappa shape index (κ3) is 4.88. The fraction of sp³-hybridized carbons (Fsp3) is 0.286. The van der Waals surface area contributed by atoms with E-state index >= 15 is 0 Å². The predicted octanol–water partition coefficient (Wildman–Crippen LogP) is 3.42. The highest BCUT2D eigenvalue weighted by Crippen LogP contribution is 2.25. The maximum atomic E-state index is 12.1. The van der Waals surface area contributed by atoms with Gasteiger partial charge < -0.3 is 14.2 Å². The van der Waals surface area contributed by atoms with Gasteiger partial charge in [0.15, 0.2) is 18.4 Å². The molecule has 1 aromatic carbocycles. The van der Waals surface area contributed by atoms with E-state index in [9.17, 15) is 13.2 Å². The van der Waals surface area contributed by atoms with E-state index in [-0.39, 0.29) is 12.5 Å². The zero-order valence-corrected chi connectivity index (χ0v) is 11.6. The Balaban J connectivity index is 2.02. The van der Waals surface area contributed by atoms with Crippen LogP contribution in [0, 0.1) is 0 Å². The fourth-order valence-electron chi connectivity index (χ4n) is 1.54. The topological polar surface area (TPSA) is 53.5 Å². The monoisotopic (exact) mass is 314 g/mol. The van der Waals surface area contributed by atoms with Crippen molar-refractivity contribution in [1.82, 2.24) is 9.97 Å². The van der Waals surface area contributed by atoms with Gasteiger partial charge in [0.2, 0.25) is 0 Å². The van der Waals surface area contributed by atoms with Gasteiger partial charge >= 0.3 is 6.36 Å². The van der Waals surface area contributed by atoms with Gasteiger partial charge in [-0.15, -0.1) is 13.2 Å². The first-order valence-corrected chi connectivity index (χ1v) is 6.36. The highest BCUT2D eigenvalue weighted by Gasteiger charge is 2.30. The molecule has 0 unspecified atom stereocenters. The van der Waals surface area contributed by atoms with Gasteiger partial charge in [0.05, 0.1) is 12.4 Å². The van der Waals surface area contributed by atoms with Crippen LogP contribution in [-0.4, -0.2) is 29.7 Å². The fourth-order valence-corrected chi connectivity index (χ4v) is 1.54. The molecule has 0 amide bonds. The average Bonchev–Trinajstić information content (AvgIpc) is 2.48. The second-order valence-electron chi connectivity index (χ2n) is 4.07. The number of aromatic nitrogens is 2. The smallest absolute Gasteiger partial charge is 0.464 e. The van der Waals surface area contributed by atoms with Crippen molar-refractivity contribution in [2.24, 2.45) is 0 Å². The molecule has 0 aliphatic carbocycles. The molecule has 1 heterocycles. The van der Waals surface area contributed by atoms with Crippen molar-refractivity contribution in [3.63, 3.8) is 0 Å². The molecule has 118 valence electrons. The Hall–Kier alpha value is -2.35. The number of ether oxygens (including phenoxy) is 3. The van der Waals surface area contributed by atoms with E-state index < -0.39 is 6.36 Å². The zero-order chi connectivity index (χ0) is 16.0. The minimum Gasteiger partial charge on any atom is -0.464 e. The molecule has 2 aromatic rings. The summed E-state index contributed by atoms with van der Waals surface area (Å²) in [6.07, 6.45) is -1.79. The largest absolute Gasteiger partial charge is 0.573 e. The van der Waals surface area contributed by atoms with Crippen LogP contribution in [0.2, 0.25) is 0 Å². The van der Waals surface area contributed by atoms with Crippen LogP contribution in [0.15, 0.2) is 36.7 Å². The Labute approximate surface area is 124 Å². The molecular weight excluding hydrogens is 301 g/mol. The van der Waals surface area contributed by atoms with E-state index in [0.29, 0.717) is 23.7 Å². The first-order valence-electron chi connectivity index (χ1n) is 6.36. The van der Waals surface area contributed by atoms with Gasteiger partial charge in [0.1, 0.15) is 5.75 Å². The van der Waals surface area contributed by atoms with Crippen molar-refractivity contribution >= 4 is 0 Å². The number of benzene rings is 1. The van der Waals surface area contributed by atoms with E-state index in [1.165, 1.54) is 36.7 Å². The first kappa shape index (κ1) is 16.0. The van der Waals surface area contributed by atoms with Crippen molar-refractivity contribution in [2.75, 3.05) is 13.4 Å². The molecule has 0 atom stereocenters. The van der Waals surface area contributed by atoms with Gasteiger partial charge in [-0.25, -0.2) is 9.97 Å². The summed E-state index contributed by atoms with van der Waals surface area (Å²) < 4.78 is 50.2. The molecule has 22 heavy (non-hydrogen) atoms. The van der Waals surface area contributed by atoms with Crippen LogP contribution in [0.25, 0.3) is 11.4 Å². The summed E-state index contributed by atoms with van der Waals surface area (Å²) in [5.41, 5.74) is 0.561. The van der Waals surface area contributed by atoms with Gasteiger partial charge in [-0.05, 0) is 31.2 Å². The van der Waals surface area contributed by atoms with Crippen molar-refractivity contribution < 1.29 is 27.4 Å². The summed E-state index contributed by atoms with van der Waals surface area (Å²) in [7, 11) is 0. The quantitative estimate of drug-likeness (QED) is 0.604. The van der Waals surface area contributed by atoms with E-state index in [2.05, 4.69) is 14.7 Å². The van der Waals surface area contributed by atoms with E-state index in [1.807, 2.05) is 6.92 Å². The minimum absolute atomic E-state index is 0.0999. The van der Waals surface area contributed by atoms with Crippen LogP contribution < -0.4 is 9.47 Å². The van der Waals surface area contributed by atoms with Gasteiger partial charge in [0.25, 0.3) is 0 Å². The molecule has 0 saturated heterocycles. The molecule has 0 N–H and O–H groups in total. The summed E-state index contributed by atoms with van der Waals surface area (Å²) in [5.74, 6) is 0.504. The summed E-state index contributed by atoms with van der Waals surface area (Å²) in [6, 6.07) is 5.28. The normalized spacial score (nSPS) is 11.3. The molecule has 5 nitrogen and oxygen atoms in total. The third-order valence-electron chi connectivity index (χ3n) is 2.49. The maximum Gasteiger partial charge on any atom is 0.573 e. The van der Waals surface area contributed by atoms with Crippen molar-refractivity contribution in [3.05, 3.63) is 36.7 Å². The van der Waals surface area contributed by atoms with Crippen LogP contribution in [-0.2, 0) is 4.74 Å². The Bertz CT molecular complexity index is 586. The van der Waals surface area contributed by atoms with Gasteiger partial charge in [-0.3, -0.25) is 0 Å². The van der Waals surface area contributed by atoms with Crippen LogP contribution >= 0.6 is 0 Å². The Morgan fingerprint density at radius 3 is 2.18 bits per heavy atom. The number of nitrogens with zero attached hydrogens (tertiary/aromatic N) is 2. The minimum atomic E-state index is -4.71. The predicted molar refractivity (Wildman–Crippen MR) is 71.3 cm³/mol. The average molecular weight is 314 g/mol. The zero-order valence-electron chi connectivity index (χ0n) is 11.6. The number of hydrogen-bond donors (Lipinski definition) is 0. The SMILES string of the molecule is CCOCOc1cnc(-c2ccc(OC(F)(F)F)cc2)nc1. The molecule has 1 aromatic heterocycles. The summed E-state index contributed by atoms with van der Waals surface area (Å²) in [6.45, 7) is 2.48. The summed E-state index contributed by atoms with van der Waals surface area (Å²) in [4.78, 5) is 8.15. The van der Waals surface area contributed by atoms with Crippen molar-refractivity contribution in [2.45, 2.75) is 13.3 Å². The number of rotatable bonds is 6. The van der Waals surface area contributed by atoms with Crippen LogP contribution in [0.5, 0.6) is 11.5 Å². The summed E-state index contributed by atoms with van der Waals surface area (Å²) in [5, 5.41) is 0. The van der Waals surface area contributed by atoms with E-state index in [4.69, 9.17) is 9.47 Å². The molecule has 2 rings (SSSR count). The summed E-state index contributed by atoms with van der Waals surface area (Å²) >= 11 is 0. The highest BCUT2D eigenvalue weighted by molar-refractivity contribution is 5.56. The molecule has 0 bridgehead atoms. The molecule has 0 spiro atoms. The van der Waals surface area contributed by atoms with Crippen LogP contribution in [0.1, 0.15) is 6.92 Å². The third-order valence-corrected chi connectivity index (χ3v) is 2.49. The maximum absolute atomic E-state index is 12.1. The second kappa shape index (κ2) is 7.08. The molecule has 0 fully saturated rings. The lowest BCUT2D eigenvalue weighted by atomic mass is 10.2. The Kier molecular flexibility index (Phi) is 5.16.